The molecule has 0 atom stereocenters. The molecule has 0 bridgehead atoms. The first-order valence-electron chi connectivity index (χ1n) is 3.38. The molecule has 0 aliphatic rings. The Bertz CT molecular complexity index is 370. The molecule has 59 valence electrons. The number of halogens is 1. The summed E-state index contributed by atoms with van der Waals surface area (Å²) in [6.45, 7) is 0. The monoisotopic (exact) mass is 162 g/mol. The first-order chi connectivity index (χ1) is 5.86. The van der Waals surface area contributed by atoms with E-state index in [1.165, 1.54) is 35.5 Å². The van der Waals surface area contributed by atoms with Crippen molar-refractivity contribution in [2.75, 3.05) is 0 Å². The van der Waals surface area contributed by atoms with Gasteiger partial charge in [0.05, 0.1) is 5.69 Å². The van der Waals surface area contributed by atoms with E-state index < -0.39 is 0 Å². The number of nitrogens with zero attached hydrogens (tertiary/aromatic N) is 3. The van der Waals surface area contributed by atoms with Crippen molar-refractivity contribution >= 4 is 0 Å². The van der Waals surface area contributed by atoms with Crippen molar-refractivity contribution in [2.24, 2.45) is 0 Å². The molecule has 1 radical (unpaired) electrons. The van der Waals surface area contributed by atoms with Crippen molar-refractivity contribution in [3.63, 3.8) is 0 Å². The molecule has 3 nitrogen and oxygen atoms in total. The van der Waals surface area contributed by atoms with E-state index in [0.717, 1.165) is 0 Å². The van der Waals surface area contributed by atoms with Gasteiger partial charge in [0.15, 0.2) is 0 Å². The molecule has 1 aromatic carbocycles. The molecule has 12 heavy (non-hydrogen) atoms. The lowest BCUT2D eigenvalue weighted by Gasteiger charge is -1.97. The number of hydrogen-bond acceptors (Lipinski definition) is 2. The fourth-order valence-electron chi connectivity index (χ4n) is 0.892. The molecule has 4 heteroatoms. The third-order valence-corrected chi connectivity index (χ3v) is 1.41. The average Bonchev–Trinajstić information content (AvgIpc) is 2.56. The SMILES string of the molecule is Fc1cc[c]c(-n2cncn2)c1. The highest BCUT2D eigenvalue weighted by molar-refractivity contribution is 5.28. The topological polar surface area (TPSA) is 30.7 Å². The van der Waals surface area contributed by atoms with E-state index in [4.69, 9.17) is 0 Å². The Hall–Kier alpha value is -1.71. The zero-order chi connectivity index (χ0) is 8.39. The molecule has 2 rings (SSSR count). The fraction of sp³-hybridized carbons (Fsp3) is 0. The van der Waals surface area contributed by atoms with Gasteiger partial charge in [-0.25, -0.2) is 14.1 Å². The van der Waals surface area contributed by atoms with Gasteiger partial charge >= 0.3 is 0 Å². The third-order valence-electron chi connectivity index (χ3n) is 1.41. The van der Waals surface area contributed by atoms with Crippen LogP contribution >= 0.6 is 0 Å². The molecule has 0 fully saturated rings. The van der Waals surface area contributed by atoms with Crippen molar-refractivity contribution in [1.82, 2.24) is 14.8 Å². The van der Waals surface area contributed by atoms with Crippen LogP contribution in [0.2, 0.25) is 0 Å². The smallest absolute Gasteiger partial charge is 0.138 e. The van der Waals surface area contributed by atoms with E-state index in [1.54, 1.807) is 0 Å². The van der Waals surface area contributed by atoms with Gasteiger partial charge in [0.25, 0.3) is 0 Å². The quantitative estimate of drug-likeness (QED) is 0.630. The predicted molar refractivity (Wildman–Crippen MR) is 40.2 cm³/mol. The summed E-state index contributed by atoms with van der Waals surface area (Å²) in [6, 6.07) is 7.01. The Labute approximate surface area is 68.5 Å². The molecule has 0 saturated heterocycles. The van der Waals surface area contributed by atoms with Gasteiger partial charge < -0.3 is 0 Å². The largest absolute Gasteiger partial charge is 0.223 e. The van der Waals surface area contributed by atoms with Crippen molar-refractivity contribution in [3.8, 4) is 5.69 Å². The van der Waals surface area contributed by atoms with E-state index in [0.29, 0.717) is 5.69 Å². The molecule has 0 aliphatic carbocycles. The molecular formula is C8H5FN3. The van der Waals surface area contributed by atoms with Gasteiger partial charge in [-0.1, -0.05) is 0 Å². The van der Waals surface area contributed by atoms with E-state index >= 15 is 0 Å². The maximum Gasteiger partial charge on any atom is 0.138 e. The molecule has 0 spiro atoms. The molecule has 0 aliphatic heterocycles. The van der Waals surface area contributed by atoms with Gasteiger partial charge in [-0.15, -0.1) is 0 Å². The van der Waals surface area contributed by atoms with Gasteiger partial charge in [0, 0.05) is 12.1 Å². The number of benzene rings is 1. The van der Waals surface area contributed by atoms with Crippen LogP contribution in [-0.2, 0) is 0 Å². The summed E-state index contributed by atoms with van der Waals surface area (Å²) in [5.41, 5.74) is 0.549. The van der Waals surface area contributed by atoms with Crippen LogP contribution in [0.5, 0.6) is 0 Å². The standard InChI is InChI=1S/C8H5FN3/c9-7-2-1-3-8(4-7)12-6-10-5-11-12/h1-2,4-6H. The van der Waals surface area contributed by atoms with Gasteiger partial charge in [-0.2, -0.15) is 5.10 Å². The number of hydrogen-bond donors (Lipinski definition) is 0. The molecule has 0 amide bonds. The van der Waals surface area contributed by atoms with Crippen molar-refractivity contribution in [1.29, 1.82) is 0 Å². The van der Waals surface area contributed by atoms with Crippen LogP contribution in [0.1, 0.15) is 0 Å². The van der Waals surface area contributed by atoms with Crippen LogP contribution in [0.15, 0.2) is 30.9 Å². The highest BCUT2D eigenvalue weighted by atomic mass is 19.1. The molecule has 2 aromatic rings. The summed E-state index contributed by atoms with van der Waals surface area (Å²) in [6.07, 6.45) is 2.88. The van der Waals surface area contributed by atoms with Gasteiger partial charge in [0.1, 0.15) is 18.5 Å². The van der Waals surface area contributed by atoms with E-state index in [-0.39, 0.29) is 5.82 Å². The van der Waals surface area contributed by atoms with Gasteiger partial charge in [0.2, 0.25) is 0 Å². The lowest BCUT2D eigenvalue weighted by atomic mass is 10.3. The molecule has 1 heterocycles. The molecular weight excluding hydrogens is 157 g/mol. The summed E-state index contributed by atoms with van der Waals surface area (Å²) < 4.78 is 14.1. The second-order valence-corrected chi connectivity index (χ2v) is 2.23. The first-order valence-corrected chi connectivity index (χ1v) is 3.38. The first kappa shape index (κ1) is 6.97. The van der Waals surface area contributed by atoms with Crippen molar-refractivity contribution in [2.45, 2.75) is 0 Å². The molecule has 1 aromatic heterocycles. The normalized spacial score (nSPS) is 10.1. The second kappa shape index (κ2) is 2.73. The van der Waals surface area contributed by atoms with E-state index in [2.05, 4.69) is 16.1 Å². The molecule has 0 saturated carbocycles. The van der Waals surface area contributed by atoms with Crippen LogP contribution in [0, 0.1) is 11.9 Å². The fourth-order valence-corrected chi connectivity index (χ4v) is 0.892. The minimum atomic E-state index is -0.306. The lowest BCUT2D eigenvalue weighted by Crippen LogP contribution is -1.94. The highest BCUT2D eigenvalue weighted by Crippen LogP contribution is 2.05. The van der Waals surface area contributed by atoms with Gasteiger partial charge in [-0.3, -0.25) is 0 Å². The van der Waals surface area contributed by atoms with Crippen LogP contribution in [0.25, 0.3) is 5.69 Å². The van der Waals surface area contributed by atoms with E-state index in [1.807, 2.05) is 0 Å². The summed E-state index contributed by atoms with van der Waals surface area (Å²) in [7, 11) is 0. The summed E-state index contributed by atoms with van der Waals surface area (Å²) in [4.78, 5) is 3.74. The van der Waals surface area contributed by atoms with E-state index in [9.17, 15) is 4.39 Å². The summed E-state index contributed by atoms with van der Waals surface area (Å²) >= 11 is 0. The Balaban J connectivity index is 2.48. The number of aromatic nitrogens is 3. The third kappa shape index (κ3) is 1.18. The zero-order valence-electron chi connectivity index (χ0n) is 6.11. The average molecular weight is 162 g/mol. The van der Waals surface area contributed by atoms with Crippen LogP contribution < -0.4 is 0 Å². The Kier molecular flexibility index (Phi) is 1.59. The second-order valence-electron chi connectivity index (χ2n) is 2.23. The number of rotatable bonds is 1. The Morgan fingerprint density at radius 2 is 2.42 bits per heavy atom. The van der Waals surface area contributed by atoms with Gasteiger partial charge in [-0.05, 0) is 12.1 Å². The molecule has 0 unspecified atom stereocenters. The summed E-state index contributed by atoms with van der Waals surface area (Å²) in [5.74, 6) is -0.306. The highest BCUT2D eigenvalue weighted by Gasteiger charge is 1.97. The maximum atomic E-state index is 12.7. The van der Waals surface area contributed by atoms with Crippen LogP contribution in [0.3, 0.4) is 0 Å². The zero-order valence-corrected chi connectivity index (χ0v) is 6.11. The minimum Gasteiger partial charge on any atom is -0.223 e. The minimum absolute atomic E-state index is 0.306. The van der Waals surface area contributed by atoms with Crippen molar-refractivity contribution in [3.05, 3.63) is 42.7 Å². The maximum absolute atomic E-state index is 12.7. The Morgan fingerprint density at radius 1 is 1.50 bits per heavy atom. The molecule has 0 N–H and O–H groups in total. The van der Waals surface area contributed by atoms with Crippen LogP contribution in [-0.4, -0.2) is 14.8 Å². The Morgan fingerprint density at radius 3 is 3.08 bits per heavy atom. The predicted octanol–water partition coefficient (Wildman–Crippen LogP) is 1.21. The van der Waals surface area contributed by atoms with Crippen molar-refractivity contribution < 1.29 is 4.39 Å². The lowest BCUT2D eigenvalue weighted by molar-refractivity contribution is 0.625. The van der Waals surface area contributed by atoms with Crippen LogP contribution in [0.4, 0.5) is 4.39 Å². The summed E-state index contributed by atoms with van der Waals surface area (Å²) in [5, 5.41) is 3.84.